The predicted molar refractivity (Wildman–Crippen MR) is 82.5 cm³/mol. The van der Waals surface area contributed by atoms with Gasteiger partial charge in [0.2, 0.25) is 5.91 Å². The van der Waals surface area contributed by atoms with Gasteiger partial charge in [-0.25, -0.2) is 0 Å². The molecule has 0 bridgehead atoms. The van der Waals surface area contributed by atoms with E-state index in [9.17, 15) is 9.00 Å². The Morgan fingerprint density at radius 2 is 2.05 bits per heavy atom. The fraction of sp³-hybridized carbons (Fsp3) is 0.714. The molecule has 1 fully saturated rings. The fourth-order valence-electron chi connectivity index (χ4n) is 3.07. The second-order valence-corrected chi connectivity index (χ2v) is 8.75. The Kier molecular flexibility index (Phi) is 3.88. The number of aromatic nitrogens is 4. The van der Waals surface area contributed by atoms with Crippen LogP contribution < -0.4 is 0 Å². The minimum absolute atomic E-state index is 0.0219. The highest BCUT2D eigenvalue weighted by Crippen LogP contribution is 2.37. The lowest BCUT2D eigenvalue weighted by Gasteiger charge is -2.31. The molecular formula is C14H21N5O2S. The number of allylic oxidation sites excluding steroid dienone is 2. The predicted octanol–water partition coefficient (Wildman–Crippen LogP) is 0.547. The summed E-state index contributed by atoms with van der Waals surface area (Å²) in [6, 6.07) is 0. The first-order valence-corrected chi connectivity index (χ1v) is 8.84. The first-order chi connectivity index (χ1) is 10.5. The molecule has 0 spiro atoms. The van der Waals surface area contributed by atoms with Crippen LogP contribution in [-0.4, -0.2) is 59.2 Å². The Morgan fingerprint density at radius 3 is 2.68 bits per heavy atom. The molecule has 1 saturated heterocycles. The highest BCUT2D eigenvalue weighted by Gasteiger charge is 2.47. The third kappa shape index (κ3) is 2.49. The molecule has 1 aliphatic heterocycles. The Bertz CT molecular complexity index is 603. The molecule has 1 atom stereocenters. The van der Waals surface area contributed by atoms with Crippen molar-refractivity contribution >= 4 is 16.7 Å². The van der Waals surface area contributed by atoms with Crippen molar-refractivity contribution < 1.29 is 9.00 Å². The Labute approximate surface area is 132 Å². The first kappa shape index (κ1) is 15.3. The molecule has 2 heterocycles. The van der Waals surface area contributed by atoms with E-state index in [-0.39, 0.29) is 10.7 Å². The molecule has 22 heavy (non-hydrogen) atoms. The monoisotopic (exact) mass is 323 g/mol. The molecule has 1 aromatic heterocycles. The summed E-state index contributed by atoms with van der Waals surface area (Å²) in [6.07, 6.45) is 5.91. The van der Waals surface area contributed by atoms with Gasteiger partial charge in [-0.3, -0.25) is 9.00 Å². The molecule has 1 N–H and O–H groups in total. The summed E-state index contributed by atoms with van der Waals surface area (Å²) in [4.78, 5) is 15.0. The quantitative estimate of drug-likeness (QED) is 0.802. The summed E-state index contributed by atoms with van der Waals surface area (Å²) in [5.41, 5.74) is -0.747. The van der Waals surface area contributed by atoms with Crippen molar-refractivity contribution in [2.45, 2.75) is 43.3 Å². The van der Waals surface area contributed by atoms with Crippen LogP contribution in [0.25, 0.3) is 0 Å². The number of nitrogens with one attached hydrogen (secondary N) is 1. The minimum Gasteiger partial charge on any atom is -0.341 e. The molecule has 2 aliphatic rings. The first-order valence-electron chi connectivity index (χ1n) is 7.52. The van der Waals surface area contributed by atoms with Gasteiger partial charge in [0.1, 0.15) is 5.41 Å². The third-order valence-electron chi connectivity index (χ3n) is 4.72. The van der Waals surface area contributed by atoms with Gasteiger partial charge in [-0.05, 0) is 33.1 Å². The van der Waals surface area contributed by atoms with Gasteiger partial charge in [0, 0.05) is 34.4 Å². The third-order valence-corrected chi connectivity index (χ3v) is 6.71. The lowest BCUT2D eigenvalue weighted by atomic mass is 9.82. The SMILES string of the molecule is CC1(C)CCN(C(=O)C2(c3nn[nH]n3)CC=CC2)CCS1=O. The van der Waals surface area contributed by atoms with Crippen molar-refractivity contribution in [3.63, 3.8) is 0 Å². The molecule has 1 aliphatic carbocycles. The van der Waals surface area contributed by atoms with Crippen LogP contribution in [0.1, 0.15) is 38.9 Å². The van der Waals surface area contributed by atoms with E-state index in [1.54, 1.807) is 0 Å². The van der Waals surface area contributed by atoms with Crippen LogP contribution in [0.15, 0.2) is 12.2 Å². The molecule has 1 aromatic rings. The van der Waals surface area contributed by atoms with Crippen LogP contribution in [0.3, 0.4) is 0 Å². The molecule has 0 saturated carbocycles. The number of H-pyrrole nitrogens is 1. The summed E-state index contributed by atoms with van der Waals surface area (Å²) in [7, 11) is -0.916. The fourth-order valence-corrected chi connectivity index (χ4v) is 4.33. The van der Waals surface area contributed by atoms with Crippen LogP contribution in [0.4, 0.5) is 0 Å². The normalized spacial score (nSPS) is 26.8. The molecule has 0 radical (unpaired) electrons. The minimum atomic E-state index is -0.916. The number of tetrazole rings is 1. The van der Waals surface area contributed by atoms with E-state index in [0.717, 1.165) is 6.42 Å². The Balaban J connectivity index is 1.85. The molecule has 8 heteroatoms. The van der Waals surface area contributed by atoms with Crippen LogP contribution in [0.2, 0.25) is 0 Å². The number of hydrogen-bond donors (Lipinski definition) is 1. The number of amides is 1. The highest BCUT2D eigenvalue weighted by molar-refractivity contribution is 7.86. The van der Waals surface area contributed by atoms with Crippen molar-refractivity contribution in [2.24, 2.45) is 0 Å². The van der Waals surface area contributed by atoms with Crippen LogP contribution in [0.5, 0.6) is 0 Å². The number of carbonyl (C=O) groups excluding carboxylic acids is 1. The van der Waals surface area contributed by atoms with Gasteiger partial charge >= 0.3 is 0 Å². The Morgan fingerprint density at radius 1 is 1.32 bits per heavy atom. The topological polar surface area (TPSA) is 91.8 Å². The van der Waals surface area contributed by atoms with Gasteiger partial charge in [-0.15, -0.1) is 10.2 Å². The van der Waals surface area contributed by atoms with Gasteiger partial charge in [0.15, 0.2) is 5.82 Å². The second kappa shape index (κ2) is 5.57. The second-order valence-electron chi connectivity index (χ2n) is 6.55. The van der Waals surface area contributed by atoms with E-state index in [4.69, 9.17) is 0 Å². The summed E-state index contributed by atoms with van der Waals surface area (Å²) in [5, 5.41) is 14.2. The average Bonchev–Trinajstić information content (AvgIpc) is 3.15. The van der Waals surface area contributed by atoms with E-state index >= 15 is 0 Å². The zero-order valence-corrected chi connectivity index (χ0v) is 13.7. The van der Waals surface area contributed by atoms with E-state index in [1.807, 2.05) is 30.9 Å². The molecular weight excluding hydrogens is 302 g/mol. The molecule has 3 rings (SSSR count). The average molecular weight is 323 g/mol. The summed E-state index contributed by atoms with van der Waals surface area (Å²) < 4.78 is 12.0. The summed E-state index contributed by atoms with van der Waals surface area (Å²) >= 11 is 0. The maximum atomic E-state index is 13.2. The van der Waals surface area contributed by atoms with Gasteiger partial charge in [0.25, 0.3) is 0 Å². The van der Waals surface area contributed by atoms with E-state index in [2.05, 4.69) is 20.6 Å². The van der Waals surface area contributed by atoms with Gasteiger partial charge in [-0.1, -0.05) is 17.4 Å². The van der Waals surface area contributed by atoms with Crippen molar-refractivity contribution in [3.05, 3.63) is 18.0 Å². The number of aromatic amines is 1. The van der Waals surface area contributed by atoms with Crippen molar-refractivity contribution in [1.82, 2.24) is 25.5 Å². The van der Waals surface area contributed by atoms with Crippen LogP contribution in [-0.2, 0) is 21.0 Å². The zero-order valence-electron chi connectivity index (χ0n) is 12.9. The van der Waals surface area contributed by atoms with E-state index in [0.29, 0.717) is 37.5 Å². The zero-order chi connectivity index (χ0) is 15.8. The maximum Gasteiger partial charge on any atom is 0.237 e. The number of nitrogens with zero attached hydrogens (tertiary/aromatic N) is 4. The number of rotatable bonds is 2. The summed E-state index contributed by atoms with van der Waals surface area (Å²) in [6.45, 7) is 5.15. The van der Waals surface area contributed by atoms with E-state index in [1.165, 1.54) is 0 Å². The van der Waals surface area contributed by atoms with Crippen molar-refractivity contribution in [3.8, 4) is 0 Å². The van der Waals surface area contributed by atoms with Crippen LogP contribution >= 0.6 is 0 Å². The lowest BCUT2D eigenvalue weighted by Crippen LogP contribution is -2.47. The van der Waals surface area contributed by atoms with Crippen molar-refractivity contribution in [2.75, 3.05) is 18.8 Å². The number of carbonyl (C=O) groups is 1. The van der Waals surface area contributed by atoms with Crippen molar-refractivity contribution in [1.29, 1.82) is 0 Å². The van der Waals surface area contributed by atoms with Gasteiger partial charge < -0.3 is 4.90 Å². The standard InChI is InChI=1S/C14H21N5O2S/c1-13(2)7-8-19(9-10-22(13)21)12(20)14(5-3-4-6-14)11-15-17-18-16-11/h3-4H,5-10H2,1-2H3,(H,15,16,17,18). The molecule has 0 aromatic carbocycles. The highest BCUT2D eigenvalue weighted by atomic mass is 32.2. The molecule has 7 nitrogen and oxygen atoms in total. The molecule has 1 unspecified atom stereocenters. The summed E-state index contributed by atoms with van der Waals surface area (Å²) in [5.74, 6) is 0.995. The smallest absolute Gasteiger partial charge is 0.237 e. The van der Waals surface area contributed by atoms with E-state index < -0.39 is 16.2 Å². The Hall–Kier alpha value is -1.57. The molecule has 1 amide bonds. The molecule has 120 valence electrons. The van der Waals surface area contributed by atoms with Gasteiger partial charge in [0.05, 0.1) is 0 Å². The van der Waals surface area contributed by atoms with Gasteiger partial charge in [-0.2, -0.15) is 5.21 Å². The van der Waals surface area contributed by atoms with Crippen LogP contribution in [0, 0.1) is 0 Å². The lowest BCUT2D eigenvalue weighted by molar-refractivity contribution is -0.137. The largest absolute Gasteiger partial charge is 0.341 e. The number of hydrogen-bond acceptors (Lipinski definition) is 5. The maximum absolute atomic E-state index is 13.2.